The molecule has 0 aliphatic rings. The van der Waals surface area contributed by atoms with E-state index in [0.29, 0.717) is 5.56 Å². The minimum Gasteiger partial charge on any atom is -0.410 e. The summed E-state index contributed by atoms with van der Waals surface area (Å²) in [6.07, 6.45) is 0. The Morgan fingerprint density at radius 3 is 2.37 bits per heavy atom. The number of hydrogen-bond donors (Lipinski definition) is 1. The Morgan fingerprint density at radius 2 is 1.74 bits per heavy atom. The minimum absolute atomic E-state index is 0.00150. The van der Waals surface area contributed by atoms with Crippen LogP contribution < -0.4 is 4.90 Å². The van der Waals surface area contributed by atoms with Gasteiger partial charge in [0.05, 0.1) is 5.69 Å². The number of anilines is 2. The zero-order chi connectivity index (χ0) is 13.7. The molecule has 0 amide bonds. The summed E-state index contributed by atoms with van der Waals surface area (Å²) >= 11 is 0. The Morgan fingerprint density at radius 1 is 1.11 bits per heavy atom. The van der Waals surface area contributed by atoms with Crippen LogP contribution in [0, 0.1) is 11.3 Å². The van der Waals surface area contributed by atoms with Gasteiger partial charge in [0.15, 0.2) is 5.71 Å². The molecule has 94 valence electrons. The first-order valence-electron chi connectivity index (χ1n) is 5.78. The van der Waals surface area contributed by atoms with Crippen molar-refractivity contribution in [1.82, 2.24) is 0 Å². The van der Waals surface area contributed by atoms with E-state index in [4.69, 9.17) is 10.5 Å². The Bertz CT molecular complexity index is 629. The van der Waals surface area contributed by atoms with E-state index in [-0.39, 0.29) is 5.71 Å². The molecule has 0 bridgehead atoms. The van der Waals surface area contributed by atoms with Gasteiger partial charge in [-0.1, -0.05) is 35.5 Å². The third kappa shape index (κ3) is 2.55. The lowest BCUT2D eigenvalue weighted by Gasteiger charge is -2.21. The van der Waals surface area contributed by atoms with Crippen molar-refractivity contribution < 1.29 is 5.21 Å². The topological polar surface area (TPSA) is 59.6 Å². The van der Waals surface area contributed by atoms with Crippen LogP contribution in [0.5, 0.6) is 0 Å². The summed E-state index contributed by atoms with van der Waals surface area (Å²) in [6, 6.07) is 19.0. The molecular weight excluding hydrogens is 238 g/mol. The summed E-state index contributed by atoms with van der Waals surface area (Å²) in [4.78, 5) is 1.94. The van der Waals surface area contributed by atoms with Gasteiger partial charge in [0.25, 0.3) is 0 Å². The highest BCUT2D eigenvalue weighted by molar-refractivity contribution is 6.14. The van der Waals surface area contributed by atoms with E-state index in [2.05, 4.69) is 5.16 Å². The van der Waals surface area contributed by atoms with Gasteiger partial charge < -0.3 is 10.1 Å². The molecule has 0 spiro atoms. The zero-order valence-electron chi connectivity index (χ0n) is 10.5. The van der Waals surface area contributed by atoms with Crippen LogP contribution in [-0.4, -0.2) is 18.0 Å². The second kappa shape index (κ2) is 5.69. The molecule has 0 radical (unpaired) electrons. The molecule has 2 rings (SSSR count). The monoisotopic (exact) mass is 251 g/mol. The second-order valence-electron chi connectivity index (χ2n) is 3.97. The summed E-state index contributed by atoms with van der Waals surface area (Å²) < 4.78 is 0. The van der Waals surface area contributed by atoms with E-state index in [9.17, 15) is 0 Å². The van der Waals surface area contributed by atoms with Crippen molar-refractivity contribution in [2.75, 3.05) is 11.9 Å². The first-order valence-corrected chi connectivity index (χ1v) is 5.78. The predicted molar refractivity (Wildman–Crippen MR) is 74.9 cm³/mol. The number of nitriles is 1. The number of benzene rings is 2. The molecule has 4 nitrogen and oxygen atoms in total. The fraction of sp³-hybridized carbons (Fsp3) is 0.0667. The Labute approximate surface area is 111 Å². The lowest BCUT2D eigenvalue weighted by molar-refractivity contribution is 0.320. The Kier molecular flexibility index (Phi) is 3.79. The molecule has 2 aromatic carbocycles. The zero-order valence-corrected chi connectivity index (χ0v) is 10.5. The molecule has 0 saturated carbocycles. The SMILES string of the molecule is CN(c1ccccc1)c1ccccc1C(C#N)=NO. The molecule has 0 aliphatic carbocycles. The van der Waals surface area contributed by atoms with Gasteiger partial charge in [0.1, 0.15) is 6.07 Å². The van der Waals surface area contributed by atoms with E-state index >= 15 is 0 Å². The summed E-state index contributed by atoms with van der Waals surface area (Å²) in [5.41, 5.74) is 2.39. The van der Waals surface area contributed by atoms with E-state index in [1.807, 2.05) is 60.5 Å². The maximum atomic E-state index is 9.00. The van der Waals surface area contributed by atoms with E-state index in [1.54, 1.807) is 12.1 Å². The van der Waals surface area contributed by atoms with Gasteiger partial charge in [-0.15, -0.1) is 0 Å². The highest BCUT2D eigenvalue weighted by Gasteiger charge is 2.13. The molecule has 0 fully saturated rings. The normalized spacial score (nSPS) is 10.8. The number of para-hydroxylation sites is 2. The van der Waals surface area contributed by atoms with Crippen molar-refractivity contribution in [3.05, 3.63) is 60.2 Å². The van der Waals surface area contributed by atoms with Gasteiger partial charge in [-0.25, -0.2) is 0 Å². The molecule has 0 unspecified atom stereocenters. The molecule has 1 N–H and O–H groups in total. The maximum Gasteiger partial charge on any atom is 0.188 e. The van der Waals surface area contributed by atoms with Crippen LogP contribution in [-0.2, 0) is 0 Å². The first-order chi connectivity index (χ1) is 9.27. The number of nitrogens with zero attached hydrogens (tertiary/aromatic N) is 3. The van der Waals surface area contributed by atoms with Crippen LogP contribution in [0.2, 0.25) is 0 Å². The van der Waals surface area contributed by atoms with Gasteiger partial charge in [-0.2, -0.15) is 5.26 Å². The third-order valence-corrected chi connectivity index (χ3v) is 2.87. The molecule has 0 aliphatic heterocycles. The maximum absolute atomic E-state index is 9.00. The number of hydrogen-bond acceptors (Lipinski definition) is 4. The molecule has 2 aromatic rings. The van der Waals surface area contributed by atoms with Gasteiger partial charge in [-0.3, -0.25) is 0 Å². The predicted octanol–water partition coefficient (Wildman–Crippen LogP) is 3.16. The van der Waals surface area contributed by atoms with Crippen molar-refractivity contribution in [1.29, 1.82) is 5.26 Å². The van der Waals surface area contributed by atoms with E-state index in [1.165, 1.54) is 0 Å². The number of oxime groups is 1. The lowest BCUT2D eigenvalue weighted by atomic mass is 10.1. The summed E-state index contributed by atoms with van der Waals surface area (Å²) in [7, 11) is 1.90. The highest BCUT2D eigenvalue weighted by Crippen LogP contribution is 2.27. The van der Waals surface area contributed by atoms with Crippen LogP contribution in [0.15, 0.2) is 59.8 Å². The fourth-order valence-electron chi connectivity index (χ4n) is 1.89. The van der Waals surface area contributed by atoms with Crippen molar-refractivity contribution >= 4 is 17.1 Å². The number of rotatable bonds is 3. The molecule has 0 saturated heterocycles. The van der Waals surface area contributed by atoms with E-state index < -0.39 is 0 Å². The summed E-state index contributed by atoms with van der Waals surface area (Å²) in [5.74, 6) is 0. The van der Waals surface area contributed by atoms with Crippen LogP contribution >= 0.6 is 0 Å². The molecule has 4 heteroatoms. The van der Waals surface area contributed by atoms with Crippen LogP contribution in [0.4, 0.5) is 11.4 Å². The quantitative estimate of drug-likeness (QED) is 0.518. The van der Waals surface area contributed by atoms with Gasteiger partial charge in [0.2, 0.25) is 0 Å². The van der Waals surface area contributed by atoms with Gasteiger partial charge >= 0.3 is 0 Å². The average molecular weight is 251 g/mol. The van der Waals surface area contributed by atoms with Crippen LogP contribution in [0.1, 0.15) is 5.56 Å². The molecular formula is C15H13N3O. The van der Waals surface area contributed by atoms with E-state index in [0.717, 1.165) is 11.4 Å². The first kappa shape index (κ1) is 12.7. The largest absolute Gasteiger partial charge is 0.410 e. The molecule has 0 aromatic heterocycles. The van der Waals surface area contributed by atoms with Crippen molar-refractivity contribution in [2.45, 2.75) is 0 Å². The van der Waals surface area contributed by atoms with Gasteiger partial charge in [-0.05, 0) is 24.3 Å². The van der Waals surface area contributed by atoms with Crippen molar-refractivity contribution in [3.8, 4) is 6.07 Å². The lowest BCUT2D eigenvalue weighted by Crippen LogP contribution is -2.13. The minimum atomic E-state index is -0.00150. The van der Waals surface area contributed by atoms with Crippen LogP contribution in [0.25, 0.3) is 0 Å². The fourth-order valence-corrected chi connectivity index (χ4v) is 1.89. The smallest absolute Gasteiger partial charge is 0.188 e. The Hall–Kier alpha value is -2.80. The second-order valence-corrected chi connectivity index (χ2v) is 3.97. The van der Waals surface area contributed by atoms with Crippen molar-refractivity contribution in [3.63, 3.8) is 0 Å². The summed E-state index contributed by atoms with van der Waals surface area (Å²) in [5, 5.41) is 20.9. The van der Waals surface area contributed by atoms with Crippen molar-refractivity contribution in [2.24, 2.45) is 5.16 Å². The summed E-state index contributed by atoms with van der Waals surface area (Å²) in [6.45, 7) is 0. The third-order valence-electron chi connectivity index (χ3n) is 2.87. The molecule has 0 heterocycles. The van der Waals surface area contributed by atoms with Crippen LogP contribution in [0.3, 0.4) is 0 Å². The van der Waals surface area contributed by atoms with Gasteiger partial charge in [0, 0.05) is 18.3 Å². The average Bonchev–Trinajstić information content (AvgIpc) is 2.49. The molecule has 0 atom stereocenters. The standard InChI is InChI=1S/C15H13N3O/c1-18(12-7-3-2-4-8-12)15-10-6-5-9-13(15)14(11-16)17-19/h2-10,19H,1H3. The molecule has 19 heavy (non-hydrogen) atoms. The Balaban J connectivity index is 2.50. The highest BCUT2D eigenvalue weighted by atomic mass is 16.4.